The number of urea groups is 1. The molecule has 9 heteroatoms. The maximum Gasteiger partial charge on any atom is 0.435 e. The molecule has 1 aromatic carbocycles. The largest absolute Gasteiger partial charge is 0.490 e. The lowest BCUT2D eigenvalue weighted by Crippen LogP contribution is -2.45. The number of carbonyl (C=O) groups excluding carboxylic acids is 1. The summed E-state index contributed by atoms with van der Waals surface area (Å²) in [6, 6.07) is 7.04. The number of ether oxygens (including phenoxy) is 1. The SMILES string of the molecule is O=C(N1CCC(c2c[nH]nc2C(F)(F)F)C1)N1CCOc2ccccc21. The van der Waals surface area contributed by atoms with E-state index in [0.29, 0.717) is 37.6 Å². The molecule has 138 valence electrons. The predicted molar refractivity (Wildman–Crippen MR) is 87.2 cm³/mol. The number of aromatic amines is 1. The summed E-state index contributed by atoms with van der Waals surface area (Å²) in [5.41, 5.74) is -0.0878. The van der Waals surface area contributed by atoms with Gasteiger partial charge in [-0.2, -0.15) is 18.3 Å². The van der Waals surface area contributed by atoms with Crippen LogP contribution in [0.2, 0.25) is 0 Å². The Balaban J connectivity index is 1.52. The van der Waals surface area contributed by atoms with Gasteiger partial charge in [-0.3, -0.25) is 10.00 Å². The first-order valence-corrected chi connectivity index (χ1v) is 8.34. The number of amides is 2. The highest BCUT2D eigenvalue weighted by Gasteiger charge is 2.41. The number of carbonyl (C=O) groups is 1. The fourth-order valence-corrected chi connectivity index (χ4v) is 3.56. The first-order chi connectivity index (χ1) is 12.4. The van der Waals surface area contributed by atoms with E-state index >= 15 is 0 Å². The van der Waals surface area contributed by atoms with Crippen molar-refractivity contribution < 1.29 is 22.7 Å². The van der Waals surface area contributed by atoms with E-state index in [1.54, 1.807) is 21.9 Å². The number of nitrogens with one attached hydrogen (secondary N) is 1. The number of alkyl halides is 3. The molecule has 2 amide bonds. The fourth-order valence-electron chi connectivity index (χ4n) is 3.56. The molecule has 0 radical (unpaired) electrons. The molecule has 4 rings (SSSR count). The van der Waals surface area contributed by atoms with Crippen molar-refractivity contribution >= 4 is 11.7 Å². The summed E-state index contributed by atoms with van der Waals surface area (Å²) in [6.45, 7) is 1.45. The van der Waals surface area contributed by atoms with Crippen molar-refractivity contribution in [1.29, 1.82) is 0 Å². The lowest BCUT2D eigenvalue weighted by atomic mass is 9.99. The van der Waals surface area contributed by atoms with Gasteiger partial charge >= 0.3 is 12.2 Å². The van der Waals surface area contributed by atoms with Gasteiger partial charge in [-0.15, -0.1) is 0 Å². The van der Waals surface area contributed by atoms with Gasteiger partial charge in [0.25, 0.3) is 0 Å². The van der Waals surface area contributed by atoms with Crippen LogP contribution in [0.5, 0.6) is 5.75 Å². The molecule has 1 atom stereocenters. The highest BCUT2D eigenvalue weighted by atomic mass is 19.4. The van der Waals surface area contributed by atoms with E-state index in [0.717, 1.165) is 0 Å². The number of anilines is 1. The van der Waals surface area contributed by atoms with Crippen molar-refractivity contribution in [2.45, 2.75) is 18.5 Å². The first kappa shape index (κ1) is 16.7. The van der Waals surface area contributed by atoms with Gasteiger partial charge in [0.05, 0.1) is 12.2 Å². The normalized spacial score (nSPS) is 20.0. The summed E-state index contributed by atoms with van der Waals surface area (Å²) in [7, 11) is 0. The Hall–Kier alpha value is -2.71. The van der Waals surface area contributed by atoms with Crippen molar-refractivity contribution in [1.82, 2.24) is 15.1 Å². The molecular weight excluding hydrogens is 349 g/mol. The van der Waals surface area contributed by atoms with Crippen LogP contribution < -0.4 is 9.64 Å². The molecule has 6 nitrogen and oxygen atoms in total. The Labute approximate surface area is 147 Å². The number of likely N-dealkylation sites (tertiary alicyclic amines) is 1. The van der Waals surface area contributed by atoms with E-state index < -0.39 is 11.9 Å². The van der Waals surface area contributed by atoms with E-state index in [1.807, 2.05) is 12.1 Å². The maximum absolute atomic E-state index is 13.1. The van der Waals surface area contributed by atoms with Crippen molar-refractivity contribution in [3.63, 3.8) is 0 Å². The second-order valence-electron chi connectivity index (χ2n) is 6.37. The van der Waals surface area contributed by atoms with Crippen LogP contribution in [0.15, 0.2) is 30.5 Å². The lowest BCUT2D eigenvalue weighted by molar-refractivity contribution is -0.141. The second-order valence-corrected chi connectivity index (χ2v) is 6.37. The Morgan fingerprint density at radius 2 is 2.08 bits per heavy atom. The Kier molecular flexibility index (Phi) is 4.01. The standard InChI is InChI=1S/C17H17F3N4O2/c18-17(19,20)15-12(9-21-22-15)11-5-6-23(10-11)16(25)24-7-8-26-14-4-2-1-3-13(14)24/h1-4,9,11H,5-8,10H2,(H,21,22). The predicted octanol–water partition coefficient (Wildman–Crippen LogP) is 3.24. The molecule has 3 heterocycles. The number of nitrogens with zero attached hydrogens (tertiary/aromatic N) is 3. The van der Waals surface area contributed by atoms with E-state index in [2.05, 4.69) is 10.2 Å². The summed E-state index contributed by atoms with van der Waals surface area (Å²) in [5, 5.41) is 5.64. The molecular formula is C17H17F3N4O2. The van der Waals surface area contributed by atoms with Crippen LogP contribution in [0.4, 0.5) is 23.7 Å². The summed E-state index contributed by atoms with van der Waals surface area (Å²) >= 11 is 0. The third-order valence-electron chi connectivity index (χ3n) is 4.80. The zero-order valence-electron chi connectivity index (χ0n) is 13.8. The third kappa shape index (κ3) is 2.87. The Morgan fingerprint density at radius 3 is 2.88 bits per heavy atom. The van der Waals surface area contributed by atoms with Crippen LogP contribution in [0.3, 0.4) is 0 Å². The van der Waals surface area contributed by atoms with Gasteiger partial charge in [0.2, 0.25) is 0 Å². The molecule has 1 saturated heterocycles. The minimum Gasteiger partial charge on any atom is -0.490 e. The van der Waals surface area contributed by atoms with Gasteiger partial charge in [0.15, 0.2) is 5.69 Å². The second kappa shape index (κ2) is 6.22. The molecule has 1 fully saturated rings. The Morgan fingerprint density at radius 1 is 1.27 bits per heavy atom. The molecule has 0 aliphatic carbocycles. The summed E-state index contributed by atoms with van der Waals surface area (Å²) in [6.07, 6.45) is -2.75. The third-order valence-corrected chi connectivity index (χ3v) is 4.80. The van der Waals surface area contributed by atoms with Gasteiger partial charge in [-0.05, 0) is 18.6 Å². The average Bonchev–Trinajstić information content (AvgIpc) is 3.29. The minimum atomic E-state index is -4.50. The molecule has 1 N–H and O–H groups in total. The molecule has 0 bridgehead atoms. The monoisotopic (exact) mass is 366 g/mol. The molecule has 2 aromatic rings. The maximum atomic E-state index is 13.1. The van der Waals surface area contributed by atoms with Crippen LogP contribution in [-0.4, -0.2) is 47.4 Å². The van der Waals surface area contributed by atoms with Gasteiger partial charge in [0.1, 0.15) is 12.4 Å². The number of H-pyrrole nitrogens is 1. The van der Waals surface area contributed by atoms with Gasteiger partial charge < -0.3 is 9.64 Å². The summed E-state index contributed by atoms with van der Waals surface area (Å²) in [4.78, 5) is 16.1. The number of halogens is 3. The van der Waals surface area contributed by atoms with Crippen LogP contribution in [0.25, 0.3) is 0 Å². The van der Waals surface area contributed by atoms with Gasteiger partial charge in [-0.1, -0.05) is 12.1 Å². The molecule has 1 aromatic heterocycles. The minimum absolute atomic E-state index is 0.121. The molecule has 0 spiro atoms. The molecule has 2 aliphatic rings. The van der Waals surface area contributed by atoms with Crippen LogP contribution >= 0.6 is 0 Å². The van der Waals surface area contributed by atoms with E-state index in [-0.39, 0.29) is 24.1 Å². The van der Waals surface area contributed by atoms with E-state index in [9.17, 15) is 18.0 Å². The number of hydrogen-bond donors (Lipinski definition) is 1. The number of benzene rings is 1. The lowest BCUT2D eigenvalue weighted by Gasteiger charge is -2.32. The highest BCUT2D eigenvalue weighted by molar-refractivity contribution is 5.94. The molecule has 26 heavy (non-hydrogen) atoms. The number of hydrogen-bond acceptors (Lipinski definition) is 3. The van der Waals surface area contributed by atoms with E-state index in [1.165, 1.54) is 6.20 Å². The van der Waals surface area contributed by atoms with Gasteiger partial charge in [0, 0.05) is 30.8 Å². The average molecular weight is 366 g/mol. The molecule has 1 unspecified atom stereocenters. The van der Waals surface area contributed by atoms with E-state index in [4.69, 9.17) is 4.74 Å². The number of aromatic nitrogens is 2. The molecule has 2 aliphatic heterocycles. The summed E-state index contributed by atoms with van der Waals surface area (Å²) < 4.78 is 44.7. The number of rotatable bonds is 1. The highest BCUT2D eigenvalue weighted by Crippen LogP contribution is 2.38. The van der Waals surface area contributed by atoms with Crippen LogP contribution in [0.1, 0.15) is 23.6 Å². The van der Waals surface area contributed by atoms with Crippen molar-refractivity contribution in [2.75, 3.05) is 31.1 Å². The van der Waals surface area contributed by atoms with Crippen molar-refractivity contribution in [3.05, 3.63) is 41.7 Å². The quantitative estimate of drug-likeness (QED) is 0.843. The van der Waals surface area contributed by atoms with Crippen LogP contribution in [-0.2, 0) is 6.18 Å². The van der Waals surface area contributed by atoms with Crippen molar-refractivity contribution in [2.24, 2.45) is 0 Å². The van der Waals surface area contributed by atoms with Crippen molar-refractivity contribution in [3.8, 4) is 5.75 Å². The zero-order valence-corrected chi connectivity index (χ0v) is 13.8. The first-order valence-electron chi connectivity index (χ1n) is 8.34. The van der Waals surface area contributed by atoms with Crippen LogP contribution in [0, 0.1) is 0 Å². The van der Waals surface area contributed by atoms with Gasteiger partial charge in [-0.25, -0.2) is 4.79 Å². The smallest absolute Gasteiger partial charge is 0.435 e. The topological polar surface area (TPSA) is 61.5 Å². The fraction of sp³-hybridized carbons (Fsp3) is 0.412. The zero-order chi connectivity index (χ0) is 18.3. The Bertz CT molecular complexity index is 820. The summed E-state index contributed by atoms with van der Waals surface area (Å²) in [5.74, 6) is 0.252. The number of fused-ring (bicyclic) bond motifs is 1. The molecule has 0 saturated carbocycles. The number of para-hydroxylation sites is 2.